The van der Waals surface area contributed by atoms with Gasteiger partial charge in [-0.05, 0) is 25.2 Å². The molecule has 3 N–H and O–H groups in total. The van der Waals surface area contributed by atoms with Crippen molar-refractivity contribution in [3.8, 4) is 0 Å². The van der Waals surface area contributed by atoms with E-state index in [0.29, 0.717) is 25.2 Å². The first-order chi connectivity index (χ1) is 9.52. The van der Waals surface area contributed by atoms with Crippen LogP contribution in [0.25, 0.3) is 0 Å². The Hall–Kier alpha value is -1.59. The first kappa shape index (κ1) is 16.5. The summed E-state index contributed by atoms with van der Waals surface area (Å²) in [4.78, 5) is 34.1. The molecular weight excluding hydrogens is 260 g/mol. The number of amides is 2. The third kappa shape index (κ3) is 6.04. The number of aliphatic carboxylic acids is 1. The lowest BCUT2D eigenvalue weighted by Gasteiger charge is -2.14. The van der Waals surface area contributed by atoms with E-state index in [1.807, 2.05) is 6.92 Å². The van der Waals surface area contributed by atoms with Gasteiger partial charge in [0.1, 0.15) is 6.04 Å². The molecule has 1 unspecified atom stereocenters. The molecule has 6 heteroatoms. The quantitative estimate of drug-likeness (QED) is 0.621. The van der Waals surface area contributed by atoms with Gasteiger partial charge < -0.3 is 15.7 Å². The average molecular weight is 284 g/mol. The monoisotopic (exact) mass is 284 g/mol. The van der Waals surface area contributed by atoms with Gasteiger partial charge in [-0.2, -0.15) is 0 Å². The summed E-state index contributed by atoms with van der Waals surface area (Å²) in [6.45, 7) is 1.70. The summed E-state index contributed by atoms with van der Waals surface area (Å²) in [6, 6.07) is -0.876. The smallest absolute Gasteiger partial charge is 0.326 e. The molecule has 0 aliphatic heterocycles. The molecule has 114 valence electrons. The molecule has 0 heterocycles. The van der Waals surface area contributed by atoms with Crippen LogP contribution in [-0.4, -0.2) is 35.5 Å². The predicted molar refractivity (Wildman–Crippen MR) is 74.1 cm³/mol. The minimum absolute atomic E-state index is 0.130. The lowest BCUT2D eigenvalue weighted by molar-refractivity contribution is -0.141. The summed E-state index contributed by atoms with van der Waals surface area (Å²) in [5, 5.41) is 13.9. The Morgan fingerprint density at radius 2 is 1.85 bits per heavy atom. The second kappa shape index (κ2) is 8.55. The predicted octanol–water partition coefficient (Wildman–Crippen LogP) is 1.05. The van der Waals surface area contributed by atoms with Crippen molar-refractivity contribution in [1.29, 1.82) is 0 Å². The van der Waals surface area contributed by atoms with Crippen LogP contribution in [0.1, 0.15) is 51.9 Å². The molecular formula is C14H24N2O4. The van der Waals surface area contributed by atoms with Crippen molar-refractivity contribution in [1.82, 2.24) is 10.6 Å². The van der Waals surface area contributed by atoms with Crippen molar-refractivity contribution in [2.24, 2.45) is 5.92 Å². The molecule has 1 rings (SSSR count). The molecule has 0 aromatic heterocycles. The minimum atomic E-state index is -1.04. The van der Waals surface area contributed by atoms with Crippen molar-refractivity contribution >= 4 is 17.8 Å². The zero-order chi connectivity index (χ0) is 15.0. The normalized spacial score (nSPS) is 16.6. The summed E-state index contributed by atoms with van der Waals surface area (Å²) < 4.78 is 0. The van der Waals surface area contributed by atoms with Gasteiger partial charge in [0.2, 0.25) is 11.8 Å². The Balaban J connectivity index is 2.23. The van der Waals surface area contributed by atoms with E-state index in [9.17, 15) is 14.4 Å². The van der Waals surface area contributed by atoms with E-state index < -0.39 is 17.9 Å². The Labute approximate surface area is 119 Å². The van der Waals surface area contributed by atoms with Gasteiger partial charge in [-0.15, -0.1) is 0 Å². The zero-order valence-corrected chi connectivity index (χ0v) is 12.0. The maximum absolute atomic E-state index is 11.6. The van der Waals surface area contributed by atoms with E-state index in [4.69, 9.17) is 5.11 Å². The van der Waals surface area contributed by atoms with Crippen LogP contribution in [0.2, 0.25) is 0 Å². The lowest BCUT2D eigenvalue weighted by Crippen LogP contribution is -2.45. The number of carbonyl (C=O) groups excluding carboxylic acids is 2. The second-order valence-corrected chi connectivity index (χ2v) is 5.38. The number of hydrogen-bond donors (Lipinski definition) is 3. The standard InChI is InChI=1S/C14H24N2O4/c1-2-5-11(14(19)20)16-13(18)9-15-12(17)8-10-6-3-4-7-10/h10-11H,2-9H2,1H3,(H,15,17)(H,16,18)(H,19,20). The molecule has 6 nitrogen and oxygen atoms in total. The van der Waals surface area contributed by atoms with Gasteiger partial charge in [-0.3, -0.25) is 9.59 Å². The summed E-state index contributed by atoms with van der Waals surface area (Å²) in [5.41, 5.74) is 0. The van der Waals surface area contributed by atoms with Crippen molar-refractivity contribution in [2.45, 2.75) is 57.9 Å². The van der Waals surface area contributed by atoms with Crippen LogP contribution in [0.15, 0.2) is 0 Å². The molecule has 20 heavy (non-hydrogen) atoms. The molecule has 1 aliphatic rings. The van der Waals surface area contributed by atoms with Gasteiger partial charge in [0.15, 0.2) is 0 Å². The number of nitrogens with one attached hydrogen (secondary N) is 2. The van der Waals surface area contributed by atoms with Crippen molar-refractivity contribution in [3.05, 3.63) is 0 Å². The third-order valence-electron chi connectivity index (χ3n) is 3.61. The third-order valence-corrected chi connectivity index (χ3v) is 3.61. The van der Waals surface area contributed by atoms with E-state index >= 15 is 0 Å². The van der Waals surface area contributed by atoms with Crippen LogP contribution < -0.4 is 10.6 Å². The Morgan fingerprint density at radius 1 is 1.20 bits per heavy atom. The fourth-order valence-corrected chi connectivity index (χ4v) is 2.52. The molecule has 1 aliphatic carbocycles. The van der Waals surface area contributed by atoms with Crippen LogP contribution in [0.5, 0.6) is 0 Å². The highest BCUT2D eigenvalue weighted by molar-refractivity contribution is 5.87. The number of carboxylic acid groups (broad SMARTS) is 1. The number of rotatable bonds is 8. The molecule has 0 aromatic rings. The van der Waals surface area contributed by atoms with Gasteiger partial charge in [0.05, 0.1) is 6.54 Å². The van der Waals surface area contributed by atoms with Gasteiger partial charge >= 0.3 is 5.97 Å². The van der Waals surface area contributed by atoms with Gasteiger partial charge in [0.25, 0.3) is 0 Å². The Kier molecular flexibility index (Phi) is 7.04. The lowest BCUT2D eigenvalue weighted by atomic mass is 10.0. The SMILES string of the molecule is CCCC(NC(=O)CNC(=O)CC1CCCC1)C(=O)O. The van der Waals surface area contributed by atoms with Gasteiger partial charge in [-0.25, -0.2) is 4.79 Å². The summed E-state index contributed by atoms with van der Waals surface area (Å²) in [7, 11) is 0. The highest BCUT2D eigenvalue weighted by Gasteiger charge is 2.20. The first-order valence-corrected chi connectivity index (χ1v) is 7.31. The molecule has 1 fully saturated rings. The first-order valence-electron chi connectivity index (χ1n) is 7.31. The average Bonchev–Trinajstić information content (AvgIpc) is 2.88. The minimum Gasteiger partial charge on any atom is -0.480 e. The molecule has 2 amide bonds. The maximum Gasteiger partial charge on any atom is 0.326 e. The number of hydrogen-bond acceptors (Lipinski definition) is 3. The maximum atomic E-state index is 11.6. The van der Waals surface area contributed by atoms with E-state index in [2.05, 4.69) is 10.6 Å². The van der Waals surface area contributed by atoms with Crippen molar-refractivity contribution in [3.63, 3.8) is 0 Å². The number of carboxylic acids is 1. The highest BCUT2D eigenvalue weighted by Crippen LogP contribution is 2.27. The van der Waals surface area contributed by atoms with Crippen LogP contribution in [0.4, 0.5) is 0 Å². The van der Waals surface area contributed by atoms with E-state index in [-0.39, 0.29) is 12.5 Å². The fraction of sp³-hybridized carbons (Fsp3) is 0.786. The fourth-order valence-electron chi connectivity index (χ4n) is 2.52. The van der Waals surface area contributed by atoms with Crippen LogP contribution in [0.3, 0.4) is 0 Å². The van der Waals surface area contributed by atoms with Crippen molar-refractivity contribution < 1.29 is 19.5 Å². The van der Waals surface area contributed by atoms with Crippen LogP contribution in [-0.2, 0) is 14.4 Å². The van der Waals surface area contributed by atoms with E-state index in [1.54, 1.807) is 0 Å². The second-order valence-electron chi connectivity index (χ2n) is 5.38. The molecule has 0 bridgehead atoms. The molecule has 0 saturated heterocycles. The Morgan fingerprint density at radius 3 is 2.40 bits per heavy atom. The van der Waals surface area contributed by atoms with Crippen LogP contribution >= 0.6 is 0 Å². The summed E-state index contributed by atoms with van der Waals surface area (Å²) in [5.74, 6) is -1.19. The molecule has 0 aromatic carbocycles. The summed E-state index contributed by atoms with van der Waals surface area (Å²) >= 11 is 0. The Bertz CT molecular complexity index is 351. The van der Waals surface area contributed by atoms with Crippen LogP contribution in [0, 0.1) is 5.92 Å². The van der Waals surface area contributed by atoms with Gasteiger partial charge in [-0.1, -0.05) is 26.2 Å². The highest BCUT2D eigenvalue weighted by atomic mass is 16.4. The number of carbonyl (C=O) groups is 3. The van der Waals surface area contributed by atoms with E-state index in [1.165, 1.54) is 12.8 Å². The topological polar surface area (TPSA) is 95.5 Å². The van der Waals surface area contributed by atoms with E-state index in [0.717, 1.165) is 12.8 Å². The zero-order valence-electron chi connectivity index (χ0n) is 12.0. The molecule has 1 saturated carbocycles. The molecule has 0 radical (unpaired) electrons. The molecule has 0 spiro atoms. The molecule has 1 atom stereocenters. The van der Waals surface area contributed by atoms with Crippen molar-refractivity contribution in [2.75, 3.05) is 6.54 Å². The van der Waals surface area contributed by atoms with Gasteiger partial charge in [0, 0.05) is 6.42 Å². The largest absolute Gasteiger partial charge is 0.480 e. The summed E-state index contributed by atoms with van der Waals surface area (Å²) in [6.07, 6.45) is 6.03.